The van der Waals surface area contributed by atoms with E-state index in [1.165, 1.54) is 57.8 Å². The Bertz CT molecular complexity index is 421. The van der Waals surface area contributed by atoms with Crippen molar-refractivity contribution < 1.29 is 32.7 Å². The molecule has 0 bridgehead atoms. The lowest BCUT2D eigenvalue weighted by Crippen LogP contribution is -3.00. The summed E-state index contributed by atoms with van der Waals surface area (Å²) in [6.07, 6.45) is 22.9. The molecule has 0 heterocycles. The SMILES string of the molecule is C=CC[NH2+]C(=O)C(CCO)(CCO)CCCCCC/C=C\CCCCCCCC.[Cl-]. The Morgan fingerprint density at radius 2 is 1.33 bits per heavy atom. The van der Waals surface area contributed by atoms with Gasteiger partial charge in [-0.2, -0.15) is 0 Å². The molecule has 30 heavy (non-hydrogen) atoms. The molecular weight excluding hydrogens is 398 g/mol. The van der Waals surface area contributed by atoms with Crippen molar-refractivity contribution in [1.29, 1.82) is 0 Å². The smallest absolute Gasteiger partial charge is 0.317 e. The Morgan fingerprint density at radius 1 is 0.833 bits per heavy atom. The molecule has 0 aliphatic heterocycles. The molecule has 0 fully saturated rings. The van der Waals surface area contributed by atoms with Gasteiger partial charge in [0.25, 0.3) is 0 Å². The van der Waals surface area contributed by atoms with Crippen LogP contribution in [0.4, 0.5) is 0 Å². The number of aliphatic hydroxyl groups excluding tert-OH is 2. The summed E-state index contributed by atoms with van der Waals surface area (Å²) in [5.41, 5.74) is -0.608. The lowest BCUT2D eigenvalue weighted by atomic mass is 9.76. The third-order valence-corrected chi connectivity index (χ3v) is 5.84. The summed E-state index contributed by atoms with van der Waals surface area (Å²) >= 11 is 0. The molecule has 0 aromatic heterocycles. The maximum absolute atomic E-state index is 12.6. The summed E-state index contributed by atoms with van der Waals surface area (Å²) in [5.74, 6) is 0.0538. The molecule has 0 spiro atoms. The molecule has 4 nitrogen and oxygen atoms in total. The Kier molecular flexibility index (Phi) is 24.1. The molecule has 0 saturated carbocycles. The summed E-state index contributed by atoms with van der Waals surface area (Å²) in [5, 5.41) is 20.5. The lowest BCUT2D eigenvalue weighted by molar-refractivity contribution is -0.566. The van der Waals surface area contributed by atoms with Crippen molar-refractivity contribution in [1.82, 2.24) is 0 Å². The van der Waals surface area contributed by atoms with Gasteiger partial charge in [-0.1, -0.05) is 77.0 Å². The quantitative estimate of drug-likeness (QED) is 0.186. The first-order valence-electron chi connectivity index (χ1n) is 12.0. The van der Waals surface area contributed by atoms with Crippen molar-refractivity contribution in [3.63, 3.8) is 0 Å². The summed E-state index contributed by atoms with van der Waals surface area (Å²) in [7, 11) is 0. The Labute approximate surface area is 192 Å². The van der Waals surface area contributed by atoms with Crippen LogP contribution in [0.1, 0.15) is 103 Å². The van der Waals surface area contributed by atoms with E-state index in [2.05, 4.69) is 25.7 Å². The van der Waals surface area contributed by atoms with Gasteiger partial charge in [-0.15, -0.1) is 0 Å². The van der Waals surface area contributed by atoms with Gasteiger partial charge in [0.1, 0.15) is 6.54 Å². The van der Waals surface area contributed by atoms with Crippen LogP contribution in [0.2, 0.25) is 0 Å². The van der Waals surface area contributed by atoms with Gasteiger partial charge in [-0.25, -0.2) is 4.79 Å². The average Bonchev–Trinajstić information content (AvgIpc) is 2.72. The number of primary amides is 1. The highest BCUT2D eigenvalue weighted by Gasteiger charge is 2.39. The van der Waals surface area contributed by atoms with E-state index in [0.717, 1.165) is 25.7 Å². The second kappa shape index (κ2) is 23.0. The zero-order valence-corrected chi connectivity index (χ0v) is 20.2. The topological polar surface area (TPSA) is 74.1 Å². The van der Waals surface area contributed by atoms with Gasteiger partial charge in [0.2, 0.25) is 0 Å². The third kappa shape index (κ3) is 16.1. The maximum atomic E-state index is 12.6. The summed E-state index contributed by atoms with van der Waals surface area (Å²) in [4.78, 5) is 12.6. The van der Waals surface area contributed by atoms with Gasteiger partial charge in [-0.3, -0.25) is 5.32 Å². The molecule has 0 unspecified atom stereocenters. The monoisotopic (exact) mass is 445 g/mol. The fourth-order valence-corrected chi connectivity index (χ4v) is 3.94. The molecule has 0 aliphatic rings. The first-order valence-corrected chi connectivity index (χ1v) is 12.0. The second-order valence-corrected chi connectivity index (χ2v) is 8.30. The number of quaternary nitrogens is 1. The third-order valence-electron chi connectivity index (χ3n) is 5.84. The van der Waals surface area contributed by atoms with Crippen LogP contribution < -0.4 is 17.7 Å². The summed E-state index contributed by atoms with van der Waals surface area (Å²) < 4.78 is 0. The number of carbonyl (C=O) groups is 1. The summed E-state index contributed by atoms with van der Waals surface area (Å²) in [6, 6.07) is 0. The molecule has 0 aromatic carbocycles. The van der Waals surface area contributed by atoms with Crippen LogP contribution in [0, 0.1) is 5.41 Å². The standard InChI is InChI=1S/C25H47NO3.ClH/c1-3-5-6-7-8-9-10-11-12-13-14-15-16-17-18-25(19-22-27,20-23-28)24(29)26-21-4-2;/h4,11-12,27-28H,2-3,5-10,13-23H2,1H3,(H,26,29);1H/b12-11-;. The number of rotatable bonds is 21. The summed E-state index contributed by atoms with van der Waals surface area (Å²) in [6.45, 7) is 6.43. The average molecular weight is 446 g/mol. The highest BCUT2D eigenvalue weighted by molar-refractivity contribution is 5.73. The maximum Gasteiger partial charge on any atom is 0.317 e. The number of hydrogen-bond donors (Lipinski definition) is 3. The van der Waals surface area contributed by atoms with Gasteiger partial charge < -0.3 is 22.6 Å². The van der Waals surface area contributed by atoms with E-state index in [0.29, 0.717) is 19.4 Å². The Hall–Kier alpha value is -0.680. The van der Waals surface area contributed by atoms with Crippen molar-refractivity contribution in [2.24, 2.45) is 5.41 Å². The molecule has 0 saturated heterocycles. The molecule has 0 atom stereocenters. The predicted molar refractivity (Wildman–Crippen MR) is 123 cm³/mol. The highest BCUT2D eigenvalue weighted by Crippen LogP contribution is 2.32. The molecule has 0 rings (SSSR count). The zero-order chi connectivity index (χ0) is 21.6. The Balaban J connectivity index is 0. The first kappa shape index (κ1) is 31.5. The number of nitrogens with two attached hydrogens (primary N) is 1. The van der Waals surface area contributed by atoms with Crippen LogP contribution in [-0.4, -0.2) is 35.9 Å². The molecule has 0 aromatic rings. The molecule has 5 heteroatoms. The van der Waals surface area contributed by atoms with Crippen LogP contribution in [-0.2, 0) is 4.79 Å². The van der Waals surface area contributed by atoms with Gasteiger partial charge in [0.05, 0.1) is 5.41 Å². The Morgan fingerprint density at radius 3 is 1.83 bits per heavy atom. The van der Waals surface area contributed by atoms with E-state index in [1.54, 1.807) is 11.4 Å². The van der Waals surface area contributed by atoms with Gasteiger partial charge in [-0.05, 0) is 51.0 Å². The molecule has 1 amide bonds. The minimum atomic E-state index is -0.608. The number of unbranched alkanes of at least 4 members (excludes halogenated alkanes) is 10. The predicted octanol–water partition coefficient (Wildman–Crippen LogP) is 1.67. The lowest BCUT2D eigenvalue weighted by Gasteiger charge is -2.28. The van der Waals surface area contributed by atoms with Crippen LogP contribution in [0.3, 0.4) is 0 Å². The second-order valence-electron chi connectivity index (χ2n) is 8.30. The van der Waals surface area contributed by atoms with Crippen molar-refractivity contribution in [2.75, 3.05) is 19.8 Å². The molecule has 4 N–H and O–H groups in total. The first-order chi connectivity index (χ1) is 14.2. The van der Waals surface area contributed by atoms with Crippen LogP contribution >= 0.6 is 0 Å². The number of aliphatic hydroxyl groups is 2. The molecule has 0 aliphatic carbocycles. The van der Waals surface area contributed by atoms with Gasteiger partial charge in [0.15, 0.2) is 0 Å². The fraction of sp³-hybridized carbons (Fsp3) is 0.800. The van der Waals surface area contributed by atoms with Crippen molar-refractivity contribution >= 4 is 5.91 Å². The van der Waals surface area contributed by atoms with Crippen LogP contribution in [0.5, 0.6) is 0 Å². The molecule has 178 valence electrons. The molecule has 0 radical (unpaired) electrons. The van der Waals surface area contributed by atoms with E-state index >= 15 is 0 Å². The number of halogens is 1. The van der Waals surface area contributed by atoms with E-state index in [9.17, 15) is 15.0 Å². The minimum absolute atomic E-state index is 0. The molecular formula is C25H48ClNO3. The van der Waals surface area contributed by atoms with E-state index < -0.39 is 5.41 Å². The van der Waals surface area contributed by atoms with Crippen molar-refractivity contribution in [3.8, 4) is 0 Å². The van der Waals surface area contributed by atoms with E-state index in [1.807, 2.05) is 0 Å². The van der Waals surface area contributed by atoms with Gasteiger partial charge in [0, 0.05) is 13.2 Å². The largest absolute Gasteiger partial charge is 1.00 e. The van der Waals surface area contributed by atoms with Crippen molar-refractivity contribution in [2.45, 2.75) is 103 Å². The normalized spacial score (nSPS) is 11.6. The van der Waals surface area contributed by atoms with Crippen LogP contribution in [0.15, 0.2) is 24.8 Å². The fourth-order valence-electron chi connectivity index (χ4n) is 3.94. The number of carbonyl (C=O) groups excluding carboxylic acids is 1. The zero-order valence-electron chi connectivity index (χ0n) is 19.4. The van der Waals surface area contributed by atoms with E-state index in [-0.39, 0.29) is 31.5 Å². The van der Waals surface area contributed by atoms with E-state index in [4.69, 9.17) is 0 Å². The van der Waals surface area contributed by atoms with Gasteiger partial charge >= 0.3 is 5.91 Å². The highest BCUT2D eigenvalue weighted by atomic mass is 35.5. The number of amides is 1. The van der Waals surface area contributed by atoms with Crippen molar-refractivity contribution in [3.05, 3.63) is 24.8 Å². The minimum Gasteiger partial charge on any atom is -1.00 e. The number of hydrogen-bond acceptors (Lipinski definition) is 3. The number of allylic oxidation sites excluding steroid dienone is 2. The van der Waals surface area contributed by atoms with Crippen LogP contribution in [0.25, 0.3) is 0 Å².